The van der Waals surface area contributed by atoms with Crippen LogP contribution in [0.5, 0.6) is 5.75 Å². The maximum absolute atomic E-state index is 12.7. The van der Waals surface area contributed by atoms with Crippen LogP contribution < -0.4 is 15.8 Å². The predicted molar refractivity (Wildman–Crippen MR) is 126 cm³/mol. The zero-order valence-electron chi connectivity index (χ0n) is 19.2. The number of rotatable bonds is 7. The van der Waals surface area contributed by atoms with Crippen LogP contribution in [0.4, 0.5) is 5.69 Å². The van der Waals surface area contributed by atoms with E-state index in [1.54, 1.807) is 6.07 Å². The van der Waals surface area contributed by atoms with Crippen molar-refractivity contribution in [3.63, 3.8) is 0 Å². The van der Waals surface area contributed by atoms with Crippen LogP contribution in [0.15, 0.2) is 29.2 Å². The predicted octanol–water partition coefficient (Wildman–Crippen LogP) is 1.90. The summed E-state index contributed by atoms with van der Waals surface area (Å²) in [5, 5.41) is 3.22. The molecule has 1 atom stereocenters. The molecular formula is C23H30ClN5O5. The fourth-order valence-corrected chi connectivity index (χ4v) is 4.61. The number of amides is 2. The topological polar surface area (TPSA) is 123 Å². The molecule has 2 saturated heterocycles. The Balaban J connectivity index is 1.23. The van der Waals surface area contributed by atoms with Crippen molar-refractivity contribution in [1.82, 2.24) is 20.1 Å². The molecule has 1 aromatic carbocycles. The molecule has 184 valence electrons. The minimum atomic E-state index is -0.288. The van der Waals surface area contributed by atoms with E-state index in [2.05, 4.69) is 15.2 Å². The molecule has 3 N–H and O–H groups in total. The highest BCUT2D eigenvalue weighted by Crippen LogP contribution is 2.29. The lowest BCUT2D eigenvalue weighted by molar-refractivity contribution is -0.0332. The summed E-state index contributed by atoms with van der Waals surface area (Å²) < 4.78 is 16.1. The zero-order valence-corrected chi connectivity index (χ0v) is 19.9. The molecule has 1 unspecified atom stereocenters. The summed E-state index contributed by atoms with van der Waals surface area (Å²) in [7, 11) is 1.48. The largest absolute Gasteiger partial charge is 0.496 e. The molecule has 2 aromatic rings. The van der Waals surface area contributed by atoms with Crippen molar-refractivity contribution in [2.75, 3.05) is 58.7 Å². The number of aromatic nitrogens is 1. The number of ether oxygens (including phenoxy) is 2. The van der Waals surface area contributed by atoms with Gasteiger partial charge < -0.3 is 29.8 Å². The van der Waals surface area contributed by atoms with Crippen LogP contribution in [0, 0.1) is 5.92 Å². The SMILES string of the molecule is COc1cc(N)c(Cl)cc1C(=O)NCC1CN(CC2CCN(C(=O)c3cocn3)CC2)CCO1. The Kier molecular flexibility index (Phi) is 7.91. The van der Waals surface area contributed by atoms with Crippen LogP contribution in [0.3, 0.4) is 0 Å². The molecular weight excluding hydrogens is 462 g/mol. The molecule has 0 radical (unpaired) electrons. The van der Waals surface area contributed by atoms with Crippen LogP contribution in [0.2, 0.25) is 5.02 Å². The molecule has 34 heavy (non-hydrogen) atoms. The summed E-state index contributed by atoms with van der Waals surface area (Å²) in [5.74, 6) is 0.520. The Hall–Kier alpha value is -2.82. The standard InChI is InChI=1S/C23H30ClN5O5/c1-32-21-9-19(25)18(24)8-17(21)22(30)26-10-16-12-28(6-7-34-16)11-15-2-4-29(5-3-15)23(31)20-13-33-14-27-20/h8-9,13-16H,2-7,10-12,25H2,1H3,(H,26,30). The zero-order chi connectivity index (χ0) is 24.1. The molecule has 2 fully saturated rings. The van der Waals surface area contributed by atoms with Crippen molar-refractivity contribution in [2.24, 2.45) is 5.92 Å². The normalized spacial score (nSPS) is 19.7. The Morgan fingerprint density at radius 1 is 1.29 bits per heavy atom. The number of piperidine rings is 1. The van der Waals surface area contributed by atoms with E-state index in [1.807, 2.05) is 4.90 Å². The molecule has 11 heteroatoms. The number of nitrogens with zero attached hydrogens (tertiary/aromatic N) is 3. The fourth-order valence-electron chi connectivity index (χ4n) is 4.45. The molecule has 3 heterocycles. The molecule has 2 amide bonds. The van der Waals surface area contributed by atoms with Crippen molar-refractivity contribution in [2.45, 2.75) is 18.9 Å². The van der Waals surface area contributed by atoms with Gasteiger partial charge >= 0.3 is 0 Å². The molecule has 0 saturated carbocycles. The lowest BCUT2D eigenvalue weighted by atomic mass is 9.95. The van der Waals surface area contributed by atoms with Gasteiger partial charge in [-0.15, -0.1) is 0 Å². The van der Waals surface area contributed by atoms with Crippen LogP contribution in [-0.2, 0) is 4.74 Å². The number of methoxy groups -OCH3 is 1. The van der Waals surface area contributed by atoms with Gasteiger partial charge in [-0.2, -0.15) is 0 Å². The second kappa shape index (κ2) is 11.1. The number of anilines is 1. The molecule has 0 spiro atoms. The van der Waals surface area contributed by atoms with Crippen LogP contribution in [0.25, 0.3) is 0 Å². The van der Waals surface area contributed by atoms with Gasteiger partial charge in [0, 0.05) is 45.3 Å². The number of oxazole rings is 1. The van der Waals surface area contributed by atoms with E-state index in [-0.39, 0.29) is 17.9 Å². The maximum Gasteiger partial charge on any atom is 0.275 e. The number of likely N-dealkylation sites (tertiary alicyclic amines) is 1. The molecule has 0 aliphatic carbocycles. The van der Waals surface area contributed by atoms with Crippen molar-refractivity contribution in [3.05, 3.63) is 41.1 Å². The Morgan fingerprint density at radius 2 is 2.09 bits per heavy atom. The van der Waals surface area contributed by atoms with Gasteiger partial charge in [0.25, 0.3) is 11.8 Å². The Bertz CT molecular complexity index is 994. The van der Waals surface area contributed by atoms with Gasteiger partial charge in [0.15, 0.2) is 12.1 Å². The first-order valence-corrected chi connectivity index (χ1v) is 11.7. The number of hydrogen-bond acceptors (Lipinski definition) is 8. The quantitative estimate of drug-likeness (QED) is 0.563. The molecule has 2 aliphatic rings. The summed E-state index contributed by atoms with van der Waals surface area (Å²) in [6.07, 6.45) is 4.44. The van der Waals surface area contributed by atoms with Crippen molar-refractivity contribution < 1.29 is 23.5 Å². The molecule has 10 nitrogen and oxygen atoms in total. The molecule has 1 aromatic heterocycles. The summed E-state index contributed by atoms with van der Waals surface area (Å²) in [6.45, 7) is 4.95. The summed E-state index contributed by atoms with van der Waals surface area (Å²) in [4.78, 5) is 33.3. The minimum Gasteiger partial charge on any atom is -0.496 e. The first-order valence-electron chi connectivity index (χ1n) is 11.4. The highest BCUT2D eigenvalue weighted by molar-refractivity contribution is 6.33. The van der Waals surface area contributed by atoms with E-state index < -0.39 is 0 Å². The summed E-state index contributed by atoms with van der Waals surface area (Å²) in [5.41, 5.74) is 6.85. The first kappa shape index (κ1) is 24.3. The first-order chi connectivity index (χ1) is 16.4. The van der Waals surface area contributed by atoms with Gasteiger partial charge in [-0.05, 0) is 24.8 Å². The third-order valence-corrected chi connectivity index (χ3v) is 6.67. The van der Waals surface area contributed by atoms with Crippen LogP contribution >= 0.6 is 11.6 Å². The second-order valence-electron chi connectivity index (χ2n) is 8.65. The summed E-state index contributed by atoms with van der Waals surface area (Å²) >= 11 is 6.08. The van der Waals surface area contributed by atoms with Gasteiger partial charge in [-0.3, -0.25) is 14.5 Å². The highest BCUT2D eigenvalue weighted by atomic mass is 35.5. The number of benzene rings is 1. The number of halogens is 1. The van der Waals surface area contributed by atoms with Gasteiger partial charge in [0.1, 0.15) is 12.0 Å². The van der Waals surface area contributed by atoms with Crippen molar-refractivity contribution in [1.29, 1.82) is 0 Å². The van der Waals surface area contributed by atoms with Gasteiger partial charge in [-0.25, -0.2) is 4.98 Å². The number of nitrogens with one attached hydrogen (secondary N) is 1. The lowest BCUT2D eigenvalue weighted by Crippen LogP contribution is -2.50. The Morgan fingerprint density at radius 3 is 2.79 bits per heavy atom. The molecule has 0 bridgehead atoms. The minimum absolute atomic E-state index is 0.0756. The van der Waals surface area contributed by atoms with E-state index >= 15 is 0 Å². The van der Waals surface area contributed by atoms with Gasteiger partial charge in [0.2, 0.25) is 0 Å². The summed E-state index contributed by atoms with van der Waals surface area (Å²) in [6, 6.07) is 3.06. The number of hydrogen-bond donors (Lipinski definition) is 2. The van der Waals surface area contributed by atoms with Gasteiger partial charge in [0.05, 0.1) is 36.1 Å². The number of nitrogens with two attached hydrogens (primary N) is 1. The third-order valence-electron chi connectivity index (χ3n) is 6.35. The van der Waals surface area contributed by atoms with Crippen LogP contribution in [0.1, 0.15) is 33.7 Å². The average molecular weight is 492 g/mol. The lowest BCUT2D eigenvalue weighted by Gasteiger charge is -2.38. The monoisotopic (exact) mass is 491 g/mol. The fraction of sp³-hybridized carbons (Fsp3) is 0.522. The van der Waals surface area contributed by atoms with E-state index in [9.17, 15) is 9.59 Å². The third kappa shape index (κ3) is 5.81. The molecule has 2 aliphatic heterocycles. The number of nitrogen functional groups attached to an aromatic ring is 1. The van der Waals surface area contributed by atoms with E-state index in [0.717, 1.165) is 32.5 Å². The highest BCUT2D eigenvalue weighted by Gasteiger charge is 2.28. The number of carbonyl (C=O) groups excluding carboxylic acids is 2. The van der Waals surface area contributed by atoms with E-state index in [0.29, 0.717) is 59.9 Å². The van der Waals surface area contributed by atoms with Gasteiger partial charge in [-0.1, -0.05) is 11.6 Å². The average Bonchev–Trinajstić information content (AvgIpc) is 3.39. The molecule has 4 rings (SSSR count). The number of morpholine rings is 1. The second-order valence-corrected chi connectivity index (χ2v) is 9.05. The van der Waals surface area contributed by atoms with E-state index in [4.69, 9.17) is 31.2 Å². The van der Waals surface area contributed by atoms with Crippen molar-refractivity contribution in [3.8, 4) is 5.75 Å². The van der Waals surface area contributed by atoms with Crippen molar-refractivity contribution >= 4 is 29.1 Å². The maximum atomic E-state index is 12.7. The smallest absolute Gasteiger partial charge is 0.275 e. The van der Waals surface area contributed by atoms with E-state index in [1.165, 1.54) is 25.8 Å². The Labute approximate surface area is 203 Å². The van der Waals surface area contributed by atoms with Crippen LogP contribution in [-0.4, -0.2) is 85.7 Å². The number of carbonyl (C=O) groups is 2.